The molecule has 2 aromatic rings. The molecule has 2 rings (SSSR count). The van der Waals surface area contributed by atoms with Crippen LogP contribution in [-0.4, -0.2) is 17.7 Å². The molecule has 2 aromatic carbocycles. The van der Waals surface area contributed by atoms with Gasteiger partial charge in [0, 0.05) is 5.69 Å². The first-order valence-corrected chi connectivity index (χ1v) is 8.31. The number of carbonyl (C=O) groups excluding carboxylic acids is 1. The van der Waals surface area contributed by atoms with Crippen molar-refractivity contribution in [2.45, 2.75) is 26.8 Å². The summed E-state index contributed by atoms with van der Waals surface area (Å²) >= 11 is 5.36. The number of benzene rings is 2. The fraction of sp³-hybridized carbons (Fsp3) is 0.263. The van der Waals surface area contributed by atoms with E-state index in [0.717, 1.165) is 11.3 Å². The van der Waals surface area contributed by atoms with Crippen LogP contribution in [0.4, 0.5) is 5.69 Å². The van der Waals surface area contributed by atoms with E-state index in [-0.39, 0.29) is 12.0 Å². The molecule has 0 aliphatic carbocycles. The van der Waals surface area contributed by atoms with Crippen molar-refractivity contribution in [1.82, 2.24) is 5.32 Å². The zero-order valence-electron chi connectivity index (χ0n) is 14.1. The van der Waals surface area contributed by atoms with Crippen LogP contribution in [0.2, 0.25) is 0 Å². The Balaban J connectivity index is 1.98. The minimum Gasteiger partial charge on any atom is -0.462 e. The molecule has 0 aromatic heterocycles. The van der Waals surface area contributed by atoms with Crippen molar-refractivity contribution in [3.63, 3.8) is 0 Å². The number of ether oxygens (including phenoxy) is 1. The van der Waals surface area contributed by atoms with Crippen LogP contribution in [0.15, 0.2) is 48.5 Å². The van der Waals surface area contributed by atoms with E-state index in [4.69, 9.17) is 17.0 Å². The molecule has 4 nitrogen and oxygen atoms in total. The molecule has 0 saturated carbocycles. The van der Waals surface area contributed by atoms with Gasteiger partial charge in [0.1, 0.15) is 0 Å². The average molecular weight is 342 g/mol. The first-order valence-electron chi connectivity index (χ1n) is 7.91. The van der Waals surface area contributed by atoms with E-state index < -0.39 is 0 Å². The molecule has 24 heavy (non-hydrogen) atoms. The Morgan fingerprint density at radius 2 is 1.92 bits per heavy atom. The Hall–Kier alpha value is -2.40. The van der Waals surface area contributed by atoms with Crippen LogP contribution in [0.3, 0.4) is 0 Å². The normalized spacial score (nSPS) is 11.5. The predicted octanol–water partition coefficient (Wildman–Crippen LogP) is 4.22. The van der Waals surface area contributed by atoms with Gasteiger partial charge in [0.2, 0.25) is 0 Å². The maximum absolute atomic E-state index is 11.8. The Morgan fingerprint density at radius 3 is 2.58 bits per heavy atom. The maximum atomic E-state index is 11.8. The van der Waals surface area contributed by atoms with Crippen molar-refractivity contribution in [2.75, 3.05) is 11.9 Å². The predicted molar refractivity (Wildman–Crippen MR) is 101 cm³/mol. The molecule has 0 heterocycles. The summed E-state index contributed by atoms with van der Waals surface area (Å²) in [6, 6.07) is 15.5. The van der Waals surface area contributed by atoms with Gasteiger partial charge in [-0.15, -0.1) is 0 Å². The Kier molecular flexibility index (Phi) is 6.32. The highest BCUT2D eigenvalue weighted by atomic mass is 32.1. The number of anilines is 1. The van der Waals surface area contributed by atoms with Crippen LogP contribution in [0.1, 0.15) is 41.4 Å². The van der Waals surface area contributed by atoms with Crippen molar-refractivity contribution >= 4 is 29.0 Å². The third kappa shape index (κ3) is 5.06. The highest BCUT2D eigenvalue weighted by Crippen LogP contribution is 2.15. The quantitative estimate of drug-likeness (QED) is 0.629. The van der Waals surface area contributed by atoms with Crippen LogP contribution < -0.4 is 10.6 Å². The van der Waals surface area contributed by atoms with Crippen molar-refractivity contribution < 1.29 is 9.53 Å². The maximum Gasteiger partial charge on any atom is 0.338 e. The highest BCUT2D eigenvalue weighted by Gasteiger charge is 2.09. The van der Waals surface area contributed by atoms with E-state index in [2.05, 4.69) is 41.8 Å². The molecule has 0 saturated heterocycles. The molecule has 2 N–H and O–H groups in total. The third-order valence-electron chi connectivity index (χ3n) is 3.56. The number of esters is 1. The summed E-state index contributed by atoms with van der Waals surface area (Å²) in [4.78, 5) is 11.8. The van der Waals surface area contributed by atoms with E-state index in [1.54, 1.807) is 25.1 Å². The largest absolute Gasteiger partial charge is 0.462 e. The summed E-state index contributed by atoms with van der Waals surface area (Å²) in [5.74, 6) is -0.340. The van der Waals surface area contributed by atoms with Crippen LogP contribution in [0.25, 0.3) is 0 Å². The number of carbonyl (C=O) groups is 1. The lowest BCUT2D eigenvalue weighted by Crippen LogP contribution is -2.30. The fourth-order valence-corrected chi connectivity index (χ4v) is 2.54. The van der Waals surface area contributed by atoms with E-state index in [1.807, 2.05) is 13.0 Å². The molecular formula is C19H22N2O2S. The second kappa shape index (κ2) is 8.45. The van der Waals surface area contributed by atoms with Gasteiger partial charge in [-0.1, -0.05) is 35.9 Å². The molecule has 5 heteroatoms. The van der Waals surface area contributed by atoms with Gasteiger partial charge >= 0.3 is 5.97 Å². The third-order valence-corrected chi connectivity index (χ3v) is 3.78. The topological polar surface area (TPSA) is 50.4 Å². The second-order valence-corrected chi connectivity index (χ2v) is 5.94. The summed E-state index contributed by atoms with van der Waals surface area (Å²) in [5.41, 5.74) is 3.62. The molecular weight excluding hydrogens is 320 g/mol. The minimum absolute atomic E-state index is 0.0823. The van der Waals surface area contributed by atoms with Crippen LogP contribution >= 0.6 is 12.2 Å². The summed E-state index contributed by atoms with van der Waals surface area (Å²) < 4.78 is 5.00. The van der Waals surface area contributed by atoms with E-state index in [0.29, 0.717) is 17.3 Å². The average Bonchev–Trinajstić information content (AvgIpc) is 2.55. The lowest BCUT2D eigenvalue weighted by molar-refractivity contribution is 0.0526. The standard InChI is InChI=1S/C19H22N2O2S/c1-4-23-18(22)16-6-5-7-17(12-16)21-19(24)20-14(3)15-10-8-13(2)9-11-15/h5-12,14H,4H2,1-3H3,(H2,20,21,24). The van der Waals surface area contributed by atoms with Gasteiger partial charge in [-0.2, -0.15) is 0 Å². The van der Waals surface area contributed by atoms with E-state index >= 15 is 0 Å². The van der Waals surface area contributed by atoms with Gasteiger partial charge in [0.25, 0.3) is 0 Å². The van der Waals surface area contributed by atoms with E-state index in [9.17, 15) is 4.79 Å². The van der Waals surface area contributed by atoms with Gasteiger partial charge < -0.3 is 15.4 Å². The smallest absolute Gasteiger partial charge is 0.338 e. The lowest BCUT2D eigenvalue weighted by atomic mass is 10.1. The summed E-state index contributed by atoms with van der Waals surface area (Å²) in [5, 5.41) is 6.85. The van der Waals surface area contributed by atoms with E-state index in [1.165, 1.54) is 5.56 Å². The molecule has 0 aliphatic rings. The first kappa shape index (κ1) is 17.9. The van der Waals surface area contributed by atoms with Crippen LogP contribution in [-0.2, 0) is 4.74 Å². The Bertz CT molecular complexity index is 714. The van der Waals surface area contributed by atoms with Crippen LogP contribution in [0, 0.1) is 6.92 Å². The number of hydrogen-bond donors (Lipinski definition) is 2. The van der Waals surface area contributed by atoms with Gasteiger partial charge in [0.15, 0.2) is 5.11 Å². The fourth-order valence-electron chi connectivity index (χ4n) is 2.24. The molecule has 0 fully saturated rings. The lowest BCUT2D eigenvalue weighted by Gasteiger charge is -2.18. The number of nitrogens with one attached hydrogen (secondary N) is 2. The monoisotopic (exact) mass is 342 g/mol. The Morgan fingerprint density at radius 1 is 1.21 bits per heavy atom. The molecule has 1 unspecified atom stereocenters. The van der Waals surface area contributed by atoms with Crippen molar-refractivity contribution in [1.29, 1.82) is 0 Å². The molecule has 0 radical (unpaired) electrons. The molecule has 0 amide bonds. The zero-order valence-corrected chi connectivity index (χ0v) is 14.9. The van der Waals surface area contributed by atoms with Crippen molar-refractivity contribution in [3.05, 3.63) is 65.2 Å². The van der Waals surface area contributed by atoms with Gasteiger partial charge in [-0.05, 0) is 56.8 Å². The number of aryl methyl sites for hydroxylation is 1. The number of rotatable bonds is 5. The molecule has 0 bridgehead atoms. The highest BCUT2D eigenvalue weighted by molar-refractivity contribution is 7.80. The molecule has 0 aliphatic heterocycles. The summed E-state index contributed by atoms with van der Waals surface area (Å²) in [6.07, 6.45) is 0. The first-order chi connectivity index (χ1) is 11.5. The molecule has 0 spiro atoms. The summed E-state index contributed by atoms with van der Waals surface area (Å²) in [6.45, 7) is 6.24. The molecule has 126 valence electrons. The van der Waals surface area contributed by atoms with Gasteiger partial charge in [-0.3, -0.25) is 0 Å². The number of hydrogen-bond acceptors (Lipinski definition) is 3. The minimum atomic E-state index is -0.340. The SMILES string of the molecule is CCOC(=O)c1cccc(NC(=S)NC(C)c2ccc(C)cc2)c1. The Labute approximate surface area is 148 Å². The van der Waals surface area contributed by atoms with Gasteiger partial charge in [-0.25, -0.2) is 4.79 Å². The van der Waals surface area contributed by atoms with Crippen molar-refractivity contribution in [3.8, 4) is 0 Å². The second-order valence-electron chi connectivity index (χ2n) is 5.53. The number of thiocarbonyl (C=S) groups is 1. The summed E-state index contributed by atoms with van der Waals surface area (Å²) in [7, 11) is 0. The zero-order chi connectivity index (χ0) is 17.5. The van der Waals surface area contributed by atoms with Gasteiger partial charge in [0.05, 0.1) is 18.2 Å². The molecule has 1 atom stereocenters. The van der Waals surface area contributed by atoms with Crippen LogP contribution in [0.5, 0.6) is 0 Å². The van der Waals surface area contributed by atoms with Crippen molar-refractivity contribution in [2.24, 2.45) is 0 Å².